The maximum atomic E-state index is 13.6. The van der Waals surface area contributed by atoms with Crippen LogP contribution in [0.15, 0.2) is 218 Å². The molecule has 0 saturated carbocycles. The molecule has 0 amide bonds. The monoisotopic (exact) mass is 886 g/mol. The summed E-state index contributed by atoms with van der Waals surface area (Å²) in [7, 11) is 0. The number of carbonyl (C=O) groups is 4. The van der Waals surface area contributed by atoms with Crippen molar-refractivity contribution in [3.8, 4) is 67.1 Å². The summed E-state index contributed by atoms with van der Waals surface area (Å²) in [4.78, 5) is 54.3. The van der Waals surface area contributed by atoms with Gasteiger partial charge < -0.3 is 19.7 Å². The van der Waals surface area contributed by atoms with Gasteiger partial charge in [-0.3, -0.25) is 0 Å². The molecule has 0 spiro atoms. The molecule has 0 unspecified atom stereocenters. The molecule has 10 aromatic carbocycles. The highest BCUT2D eigenvalue weighted by molar-refractivity contribution is 6.21. The molecule has 10 rings (SSSR count). The lowest BCUT2D eigenvalue weighted by Gasteiger charge is -2.27. The van der Waals surface area contributed by atoms with Crippen LogP contribution in [0.25, 0.3) is 77.2 Å². The van der Waals surface area contributed by atoms with E-state index in [9.17, 15) is 29.4 Å². The highest BCUT2D eigenvalue weighted by Gasteiger charge is 2.30. The molecule has 68 heavy (non-hydrogen) atoms. The first-order chi connectivity index (χ1) is 33.2. The third kappa shape index (κ3) is 8.14. The molecule has 0 aromatic heterocycles. The van der Waals surface area contributed by atoms with Crippen LogP contribution in [-0.4, -0.2) is 34.1 Å². The summed E-state index contributed by atoms with van der Waals surface area (Å²) in [5, 5.41) is 25.1. The van der Waals surface area contributed by atoms with Gasteiger partial charge in [-0.15, -0.1) is 0 Å². The molecule has 0 saturated heterocycles. The summed E-state index contributed by atoms with van der Waals surface area (Å²) in [6.45, 7) is 0. The smallest absolute Gasteiger partial charge is 0.343 e. The maximum Gasteiger partial charge on any atom is 0.343 e. The van der Waals surface area contributed by atoms with Crippen LogP contribution in [0.3, 0.4) is 0 Å². The molecule has 0 bridgehead atoms. The fourth-order valence-electron chi connectivity index (χ4n) is 8.91. The number of hydrogen-bond acceptors (Lipinski definition) is 6. The highest BCUT2D eigenvalue weighted by Crippen LogP contribution is 2.54. The van der Waals surface area contributed by atoms with Crippen molar-refractivity contribution in [1.29, 1.82) is 0 Å². The first-order valence-electron chi connectivity index (χ1n) is 21.8. The molecule has 8 heteroatoms. The van der Waals surface area contributed by atoms with E-state index in [1.807, 2.05) is 109 Å². The number of ether oxygens (including phenoxy) is 2. The number of carboxylic acids is 2. The van der Waals surface area contributed by atoms with Crippen molar-refractivity contribution in [3.63, 3.8) is 0 Å². The van der Waals surface area contributed by atoms with Crippen LogP contribution in [0, 0.1) is 0 Å². The summed E-state index contributed by atoms with van der Waals surface area (Å²) in [6, 6.07) is 64.9. The third-order valence-corrected chi connectivity index (χ3v) is 11.9. The van der Waals surface area contributed by atoms with Gasteiger partial charge in [-0.2, -0.15) is 0 Å². The summed E-state index contributed by atoms with van der Waals surface area (Å²) in [5.74, 6) is -3.46. The van der Waals surface area contributed by atoms with Crippen molar-refractivity contribution in [2.75, 3.05) is 0 Å². The lowest BCUT2D eigenvalue weighted by Crippen LogP contribution is -2.10. The van der Waals surface area contributed by atoms with Crippen LogP contribution in [0.4, 0.5) is 0 Å². The lowest BCUT2D eigenvalue weighted by molar-refractivity contribution is 0.0686. The van der Waals surface area contributed by atoms with E-state index < -0.39 is 23.9 Å². The van der Waals surface area contributed by atoms with Gasteiger partial charge in [-0.05, 0) is 139 Å². The van der Waals surface area contributed by atoms with E-state index in [2.05, 4.69) is 12.1 Å². The van der Waals surface area contributed by atoms with Gasteiger partial charge in [-0.1, -0.05) is 146 Å². The molecule has 0 aliphatic carbocycles. The number of fused-ring (bicyclic) bond motifs is 2. The first kappa shape index (κ1) is 42.5. The molecular formula is C60H38O8. The molecule has 0 radical (unpaired) electrons. The van der Waals surface area contributed by atoms with Crippen molar-refractivity contribution in [2.45, 2.75) is 0 Å². The fraction of sp³-hybridized carbons (Fsp3) is 0. The molecule has 0 heterocycles. The molecule has 0 aliphatic heterocycles. The Hall–Kier alpha value is -9.40. The van der Waals surface area contributed by atoms with Gasteiger partial charge in [0, 0.05) is 11.1 Å². The minimum atomic E-state index is -1.22. The fourth-order valence-corrected chi connectivity index (χ4v) is 8.91. The molecule has 326 valence electrons. The van der Waals surface area contributed by atoms with Gasteiger partial charge in [0.15, 0.2) is 0 Å². The Morgan fingerprint density at radius 1 is 0.324 bits per heavy atom. The normalized spacial score (nSPS) is 11.0. The standard InChI is InChI=1S/C60H38O8/c61-57(62)47-31-29-43(67-59(65)39-21-9-3-10-22-39)35-51(47)53-45-27-15-13-25-41(45)33-49(37-17-5-1-6-18-37)55(53)56-50(38-19-7-2-8-20-38)34-42-26-14-16-28-46(42)54(56)52-36-44(30-32-48(52)58(63)64)68-60(66)40-23-11-4-12-24-40/h1-36H,(H,61,62)(H,63,64). The van der Waals surface area contributed by atoms with Crippen molar-refractivity contribution in [3.05, 3.63) is 241 Å². The van der Waals surface area contributed by atoms with E-state index >= 15 is 0 Å². The van der Waals surface area contributed by atoms with Crippen LogP contribution in [0.1, 0.15) is 41.4 Å². The zero-order valence-electron chi connectivity index (χ0n) is 36.1. The van der Waals surface area contributed by atoms with Crippen LogP contribution >= 0.6 is 0 Å². The highest BCUT2D eigenvalue weighted by atomic mass is 16.5. The van der Waals surface area contributed by atoms with Crippen LogP contribution < -0.4 is 9.47 Å². The number of esters is 2. The van der Waals surface area contributed by atoms with Crippen molar-refractivity contribution < 1.29 is 38.9 Å². The largest absolute Gasteiger partial charge is 0.478 e. The average Bonchev–Trinajstić information content (AvgIpc) is 3.38. The van der Waals surface area contributed by atoms with Crippen LogP contribution in [-0.2, 0) is 0 Å². The Kier molecular flexibility index (Phi) is 11.4. The predicted molar refractivity (Wildman–Crippen MR) is 265 cm³/mol. The summed E-state index contributed by atoms with van der Waals surface area (Å²) < 4.78 is 12.0. The van der Waals surface area contributed by atoms with E-state index in [-0.39, 0.29) is 33.8 Å². The van der Waals surface area contributed by atoms with Gasteiger partial charge in [0.05, 0.1) is 22.3 Å². The Morgan fingerprint density at radius 2 is 0.662 bits per heavy atom. The molecule has 10 aromatic rings. The number of hydrogen-bond donors (Lipinski definition) is 2. The van der Waals surface area contributed by atoms with Gasteiger partial charge in [-0.25, -0.2) is 19.2 Å². The summed E-state index contributed by atoms with van der Waals surface area (Å²) in [6.07, 6.45) is 0. The zero-order chi connectivity index (χ0) is 46.7. The minimum absolute atomic E-state index is 0.0641. The lowest BCUT2D eigenvalue weighted by atomic mass is 9.76. The second-order valence-electron chi connectivity index (χ2n) is 16.1. The average molecular weight is 887 g/mol. The van der Waals surface area contributed by atoms with Crippen molar-refractivity contribution >= 4 is 45.4 Å². The van der Waals surface area contributed by atoms with Gasteiger partial charge >= 0.3 is 23.9 Å². The van der Waals surface area contributed by atoms with E-state index in [0.29, 0.717) is 55.3 Å². The zero-order valence-corrected chi connectivity index (χ0v) is 36.1. The minimum Gasteiger partial charge on any atom is -0.478 e. The quantitative estimate of drug-likeness (QED) is 0.0971. The Balaban J connectivity index is 1.38. The summed E-state index contributed by atoms with van der Waals surface area (Å²) in [5.41, 5.74) is 6.14. The topological polar surface area (TPSA) is 127 Å². The molecular weight excluding hydrogens is 849 g/mol. The Labute approximate surface area is 390 Å². The molecule has 2 N–H and O–H groups in total. The number of rotatable bonds is 11. The number of carbonyl (C=O) groups excluding carboxylic acids is 2. The second-order valence-corrected chi connectivity index (χ2v) is 16.1. The molecule has 0 fully saturated rings. The molecule has 0 atom stereocenters. The van der Waals surface area contributed by atoms with Gasteiger partial charge in [0.1, 0.15) is 11.5 Å². The van der Waals surface area contributed by atoms with E-state index in [4.69, 9.17) is 9.47 Å². The first-order valence-corrected chi connectivity index (χ1v) is 21.8. The number of benzene rings is 10. The Bertz CT molecular complexity index is 3350. The third-order valence-electron chi connectivity index (χ3n) is 11.9. The maximum absolute atomic E-state index is 13.6. The van der Waals surface area contributed by atoms with E-state index in [0.717, 1.165) is 21.9 Å². The van der Waals surface area contributed by atoms with Crippen LogP contribution in [0.2, 0.25) is 0 Å². The SMILES string of the molecule is O=C(Oc1ccc(C(=O)O)c(-c2c(-c3c(-c4ccccc4)cc4ccccc4c3-c3cc(OC(=O)c4ccccc4)ccc3C(=O)O)c(-c3ccccc3)cc3ccccc23)c1)c1ccccc1. The van der Waals surface area contributed by atoms with Crippen LogP contribution in [0.5, 0.6) is 11.5 Å². The van der Waals surface area contributed by atoms with E-state index in [1.165, 1.54) is 24.3 Å². The molecule has 8 nitrogen and oxygen atoms in total. The number of aromatic carboxylic acids is 2. The predicted octanol–water partition coefficient (Wildman–Crippen LogP) is 14.2. The van der Waals surface area contributed by atoms with Crippen molar-refractivity contribution in [2.24, 2.45) is 0 Å². The van der Waals surface area contributed by atoms with Crippen molar-refractivity contribution in [1.82, 2.24) is 0 Å². The molecule has 0 aliphatic rings. The Morgan fingerprint density at radius 3 is 1.03 bits per heavy atom. The van der Waals surface area contributed by atoms with Gasteiger partial charge in [0.2, 0.25) is 0 Å². The van der Waals surface area contributed by atoms with Gasteiger partial charge in [0.25, 0.3) is 0 Å². The summed E-state index contributed by atoms with van der Waals surface area (Å²) >= 11 is 0. The second kappa shape index (κ2) is 18.2. The van der Waals surface area contributed by atoms with E-state index in [1.54, 1.807) is 72.8 Å². The number of carboxylic acid groups (broad SMARTS) is 2.